The van der Waals surface area contributed by atoms with E-state index in [0.29, 0.717) is 22.8 Å². The monoisotopic (exact) mass is 399 g/mol. The van der Waals surface area contributed by atoms with Crippen molar-refractivity contribution in [2.75, 3.05) is 27.9 Å². The van der Waals surface area contributed by atoms with E-state index in [1.54, 1.807) is 36.4 Å². The molecule has 0 spiro atoms. The van der Waals surface area contributed by atoms with Gasteiger partial charge in [0.1, 0.15) is 17.2 Å². The molecule has 2 aromatic rings. The maximum Gasteiger partial charge on any atom is 0.331 e. The van der Waals surface area contributed by atoms with Gasteiger partial charge in [0.2, 0.25) is 0 Å². The fourth-order valence-corrected chi connectivity index (χ4v) is 2.37. The third-order valence-electron chi connectivity index (χ3n) is 3.79. The maximum absolute atomic E-state index is 12.1. The molecule has 152 valence electrons. The lowest BCUT2D eigenvalue weighted by atomic mass is 10.1. The van der Waals surface area contributed by atoms with Gasteiger partial charge in [-0.3, -0.25) is 14.9 Å². The van der Waals surface area contributed by atoms with Crippen molar-refractivity contribution in [2.24, 2.45) is 0 Å². The molecule has 0 atom stereocenters. The van der Waals surface area contributed by atoms with Crippen molar-refractivity contribution in [3.8, 4) is 17.2 Å². The molecular weight excluding hydrogens is 378 g/mol. The molecular formula is C21H21NO7. The van der Waals surface area contributed by atoms with Crippen molar-refractivity contribution >= 4 is 23.9 Å². The van der Waals surface area contributed by atoms with Crippen LogP contribution in [-0.2, 0) is 14.3 Å². The number of rotatable bonds is 8. The lowest BCUT2D eigenvalue weighted by Gasteiger charge is -2.08. The Bertz CT molecular complexity index is 921. The van der Waals surface area contributed by atoms with Crippen molar-refractivity contribution in [2.45, 2.75) is 0 Å². The number of para-hydroxylation sites is 1. The lowest BCUT2D eigenvalue weighted by molar-refractivity contribution is -0.143. The van der Waals surface area contributed by atoms with Crippen LogP contribution in [0.25, 0.3) is 6.08 Å². The van der Waals surface area contributed by atoms with Crippen LogP contribution in [0.5, 0.6) is 17.2 Å². The first kappa shape index (κ1) is 21.5. The zero-order chi connectivity index (χ0) is 21.2. The summed E-state index contributed by atoms with van der Waals surface area (Å²) in [5.41, 5.74) is 0.791. The van der Waals surface area contributed by atoms with Crippen molar-refractivity contribution < 1.29 is 33.3 Å². The van der Waals surface area contributed by atoms with Gasteiger partial charge in [0.05, 0.1) is 26.9 Å². The van der Waals surface area contributed by atoms with E-state index in [0.717, 1.165) is 6.08 Å². The van der Waals surface area contributed by atoms with Gasteiger partial charge in [-0.2, -0.15) is 0 Å². The Labute approximate surface area is 168 Å². The van der Waals surface area contributed by atoms with Crippen LogP contribution in [0, 0.1) is 0 Å². The highest BCUT2D eigenvalue weighted by atomic mass is 16.5. The number of amides is 2. The van der Waals surface area contributed by atoms with Crippen molar-refractivity contribution in [1.82, 2.24) is 5.32 Å². The van der Waals surface area contributed by atoms with E-state index < -0.39 is 24.4 Å². The molecule has 2 amide bonds. The zero-order valence-electron chi connectivity index (χ0n) is 16.3. The molecule has 0 heterocycles. The first-order valence-electron chi connectivity index (χ1n) is 8.52. The fraction of sp³-hybridized carbons (Fsp3) is 0.190. The quantitative estimate of drug-likeness (QED) is 0.537. The van der Waals surface area contributed by atoms with Gasteiger partial charge in [-0.15, -0.1) is 0 Å². The molecule has 0 unspecified atom stereocenters. The molecule has 0 aliphatic rings. The van der Waals surface area contributed by atoms with Gasteiger partial charge in [-0.05, 0) is 36.4 Å². The summed E-state index contributed by atoms with van der Waals surface area (Å²) in [5, 5.41) is 2.14. The van der Waals surface area contributed by atoms with Crippen LogP contribution in [0.4, 0.5) is 0 Å². The third-order valence-corrected chi connectivity index (χ3v) is 3.79. The van der Waals surface area contributed by atoms with E-state index >= 15 is 0 Å². The molecule has 0 aliphatic heterocycles. The Morgan fingerprint density at radius 3 is 2.34 bits per heavy atom. The van der Waals surface area contributed by atoms with E-state index in [4.69, 9.17) is 18.9 Å². The molecule has 2 aromatic carbocycles. The van der Waals surface area contributed by atoms with Crippen molar-refractivity contribution in [3.05, 3.63) is 59.7 Å². The van der Waals surface area contributed by atoms with E-state index in [1.165, 1.54) is 33.5 Å². The molecule has 2 rings (SSSR count). The SMILES string of the molecule is COc1ccc(OC)c(/C=C/C(=O)OCC(=O)NC(=O)c2ccccc2OC)c1. The second-order valence-corrected chi connectivity index (χ2v) is 5.63. The highest BCUT2D eigenvalue weighted by Crippen LogP contribution is 2.25. The van der Waals surface area contributed by atoms with E-state index in [1.807, 2.05) is 0 Å². The topological polar surface area (TPSA) is 100 Å². The number of hydrogen-bond donors (Lipinski definition) is 1. The Balaban J connectivity index is 1.91. The zero-order valence-corrected chi connectivity index (χ0v) is 16.3. The average molecular weight is 399 g/mol. The van der Waals surface area contributed by atoms with Crippen LogP contribution in [-0.4, -0.2) is 45.7 Å². The first-order valence-corrected chi connectivity index (χ1v) is 8.52. The van der Waals surface area contributed by atoms with Gasteiger partial charge < -0.3 is 18.9 Å². The summed E-state index contributed by atoms with van der Waals surface area (Å²) in [5.74, 6) is -0.718. The summed E-state index contributed by atoms with van der Waals surface area (Å²) in [7, 11) is 4.44. The van der Waals surface area contributed by atoms with E-state index in [-0.39, 0.29) is 5.56 Å². The molecule has 29 heavy (non-hydrogen) atoms. The third kappa shape index (κ3) is 6.10. The number of nitrogens with one attached hydrogen (secondary N) is 1. The smallest absolute Gasteiger partial charge is 0.331 e. The van der Waals surface area contributed by atoms with E-state index in [9.17, 15) is 14.4 Å². The summed E-state index contributed by atoms with van der Waals surface area (Å²) in [6.07, 6.45) is 2.62. The Morgan fingerprint density at radius 1 is 0.931 bits per heavy atom. The van der Waals surface area contributed by atoms with Gasteiger partial charge in [0, 0.05) is 11.6 Å². The highest BCUT2D eigenvalue weighted by molar-refractivity contribution is 6.06. The van der Waals surface area contributed by atoms with Crippen LogP contribution >= 0.6 is 0 Å². The van der Waals surface area contributed by atoms with Crippen molar-refractivity contribution in [3.63, 3.8) is 0 Å². The summed E-state index contributed by atoms with van der Waals surface area (Å²) < 4.78 is 20.3. The van der Waals surface area contributed by atoms with E-state index in [2.05, 4.69) is 5.32 Å². The number of carbonyl (C=O) groups is 3. The minimum Gasteiger partial charge on any atom is -0.497 e. The predicted octanol–water partition coefficient (Wildman–Crippen LogP) is 2.23. The number of carbonyl (C=O) groups excluding carboxylic acids is 3. The van der Waals surface area contributed by atoms with Crippen LogP contribution < -0.4 is 19.5 Å². The molecule has 0 radical (unpaired) electrons. The summed E-state index contributed by atoms with van der Waals surface area (Å²) in [6, 6.07) is 11.5. The summed E-state index contributed by atoms with van der Waals surface area (Å²) in [4.78, 5) is 35.9. The second kappa shape index (κ2) is 10.5. The molecule has 0 aliphatic carbocycles. The van der Waals surface area contributed by atoms with Crippen LogP contribution in [0.15, 0.2) is 48.5 Å². The fourth-order valence-electron chi connectivity index (χ4n) is 2.37. The molecule has 0 aromatic heterocycles. The Kier molecular flexibility index (Phi) is 7.78. The summed E-state index contributed by atoms with van der Waals surface area (Å²) >= 11 is 0. The van der Waals surface area contributed by atoms with Gasteiger partial charge in [-0.25, -0.2) is 4.79 Å². The second-order valence-electron chi connectivity index (χ2n) is 5.63. The normalized spacial score (nSPS) is 10.3. The Morgan fingerprint density at radius 2 is 1.66 bits per heavy atom. The van der Waals surface area contributed by atoms with Crippen LogP contribution in [0.3, 0.4) is 0 Å². The molecule has 0 fully saturated rings. The minimum atomic E-state index is -0.762. The molecule has 8 heteroatoms. The highest BCUT2D eigenvalue weighted by Gasteiger charge is 2.15. The molecule has 8 nitrogen and oxygen atoms in total. The molecule has 0 bridgehead atoms. The van der Waals surface area contributed by atoms with Gasteiger partial charge >= 0.3 is 5.97 Å². The largest absolute Gasteiger partial charge is 0.497 e. The number of methoxy groups -OCH3 is 3. The molecule has 0 saturated carbocycles. The minimum absolute atomic E-state index is 0.194. The average Bonchev–Trinajstić information content (AvgIpc) is 2.75. The van der Waals surface area contributed by atoms with Gasteiger partial charge in [0.15, 0.2) is 6.61 Å². The number of imide groups is 1. The number of ether oxygens (including phenoxy) is 4. The van der Waals surface area contributed by atoms with Crippen LogP contribution in [0.2, 0.25) is 0 Å². The maximum atomic E-state index is 12.1. The predicted molar refractivity (Wildman–Crippen MR) is 105 cm³/mol. The standard InChI is InChI=1S/C21H21NO7/c1-26-15-9-10-17(27-2)14(12-15)8-11-20(24)29-13-19(23)22-21(25)16-6-4-5-7-18(16)28-3/h4-12H,13H2,1-3H3,(H,22,23,25)/b11-8+. The van der Waals surface area contributed by atoms with Crippen molar-refractivity contribution in [1.29, 1.82) is 0 Å². The van der Waals surface area contributed by atoms with Gasteiger partial charge in [-0.1, -0.05) is 12.1 Å². The molecule has 1 N–H and O–H groups in total. The summed E-state index contributed by atoms with van der Waals surface area (Å²) in [6.45, 7) is -0.612. The Hall–Kier alpha value is -3.81. The lowest BCUT2D eigenvalue weighted by Crippen LogP contribution is -2.34. The number of esters is 1. The number of hydrogen-bond acceptors (Lipinski definition) is 7. The molecule has 0 saturated heterocycles. The number of benzene rings is 2. The first-order chi connectivity index (χ1) is 14.0. The van der Waals surface area contributed by atoms with Gasteiger partial charge in [0.25, 0.3) is 11.8 Å². The van der Waals surface area contributed by atoms with Crippen LogP contribution in [0.1, 0.15) is 15.9 Å².